The van der Waals surface area contributed by atoms with Gasteiger partial charge in [-0.05, 0) is 48.1 Å². The van der Waals surface area contributed by atoms with E-state index in [0.29, 0.717) is 6.04 Å². The minimum Gasteiger partial charge on any atom is -0.382 e. The minimum atomic E-state index is 0.677. The van der Waals surface area contributed by atoms with Crippen molar-refractivity contribution in [1.82, 2.24) is 0 Å². The first-order valence-corrected chi connectivity index (χ1v) is 7.10. The van der Waals surface area contributed by atoms with Gasteiger partial charge in [-0.2, -0.15) is 0 Å². The fourth-order valence-electron chi connectivity index (χ4n) is 3.09. The summed E-state index contributed by atoms with van der Waals surface area (Å²) in [7, 11) is 0. The molecule has 2 aromatic rings. The van der Waals surface area contributed by atoms with Crippen LogP contribution < -0.4 is 5.32 Å². The van der Waals surface area contributed by atoms with E-state index in [-0.39, 0.29) is 0 Å². The van der Waals surface area contributed by atoms with Gasteiger partial charge in [0.15, 0.2) is 0 Å². The molecule has 2 atom stereocenters. The molecule has 0 bridgehead atoms. The Hall–Kier alpha value is -1.50. The highest BCUT2D eigenvalue weighted by molar-refractivity contribution is 5.85. The molecule has 3 rings (SSSR count). The number of nitrogens with one attached hydrogen (secondary N) is 1. The first kappa shape index (κ1) is 11.6. The van der Waals surface area contributed by atoms with Crippen LogP contribution in [0.5, 0.6) is 0 Å². The summed E-state index contributed by atoms with van der Waals surface area (Å²) < 4.78 is 0. The van der Waals surface area contributed by atoms with Crippen LogP contribution >= 0.6 is 0 Å². The Bertz CT molecular complexity index is 532. The lowest BCUT2D eigenvalue weighted by Crippen LogP contribution is -2.15. The van der Waals surface area contributed by atoms with Crippen molar-refractivity contribution in [3.05, 3.63) is 42.5 Å². The summed E-state index contributed by atoms with van der Waals surface area (Å²) in [6.07, 6.45) is 5.38. The molecule has 1 aliphatic rings. The zero-order valence-corrected chi connectivity index (χ0v) is 11.0. The van der Waals surface area contributed by atoms with Gasteiger partial charge in [-0.1, -0.05) is 43.7 Å². The molecule has 0 aromatic heterocycles. The van der Waals surface area contributed by atoms with Crippen molar-refractivity contribution < 1.29 is 0 Å². The van der Waals surface area contributed by atoms with Gasteiger partial charge >= 0.3 is 0 Å². The molecule has 1 fully saturated rings. The lowest BCUT2D eigenvalue weighted by Gasteiger charge is -2.15. The molecular weight excluding hydrogens is 218 g/mol. The average Bonchev–Trinajstić information content (AvgIpc) is 2.86. The quantitative estimate of drug-likeness (QED) is 0.809. The Kier molecular flexibility index (Phi) is 3.22. The highest BCUT2D eigenvalue weighted by atomic mass is 14.9. The number of rotatable bonds is 3. The van der Waals surface area contributed by atoms with Crippen molar-refractivity contribution in [2.45, 2.75) is 38.6 Å². The Morgan fingerprint density at radius 3 is 2.67 bits per heavy atom. The molecule has 0 radical (unpaired) electrons. The predicted molar refractivity (Wildman–Crippen MR) is 79.0 cm³/mol. The van der Waals surface area contributed by atoms with Gasteiger partial charge in [-0.25, -0.2) is 0 Å². The van der Waals surface area contributed by atoms with Crippen molar-refractivity contribution in [2.75, 3.05) is 5.32 Å². The Balaban J connectivity index is 1.75. The highest BCUT2D eigenvalue weighted by Gasteiger charge is 2.22. The smallest absolute Gasteiger partial charge is 0.0348 e. The minimum absolute atomic E-state index is 0.677. The monoisotopic (exact) mass is 239 g/mol. The van der Waals surface area contributed by atoms with Crippen molar-refractivity contribution in [2.24, 2.45) is 5.92 Å². The van der Waals surface area contributed by atoms with Gasteiger partial charge in [0.1, 0.15) is 0 Å². The van der Waals surface area contributed by atoms with Crippen LogP contribution in [0.4, 0.5) is 5.69 Å². The molecule has 0 amide bonds. The Morgan fingerprint density at radius 2 is 1.89 bits per heavy atom. The summed E-state index contributed by atoms with van der Waals surface area (Å²) in [4.78, 5) is 0. The van der Waals surface area contributed by atoms with Gasteiger partial charge in [0, 0.05) is 11.7 Å². The molecular formula is C17H21N. The molecule has 2 unspecified atom stereocenters. The lowest BCUT2D eigenvalue weighted by atomic mass is 10.1. The topological polar surface area (TPSA) is 12.0 Å². The van der Waals surface area contributed by atoms with E-state index in [1.807, 2.05) is 0 Å². The average molecular weight is 239 g/mol. The SMILES string of the molecule is CCC1CCC(Nc2ccc3ccccc3c2)C1. The molecule has 1 saturated carbocycles. The normalized spacial score (nSPS) is 23.4. The van der Waals surface area contributed by atoms with Gasteiger partial charge < -0.3 is 5.32 Å². The van der Waals surface area contributed by atoms with Gasteiger partial charge in [0.2, 0.25) is 0 Å². The fraction of sp³-hybridized carbons (Fsp3) is 0.412. The van der Waals surface area contributed by atoms with E-state index in [9.17, 15) is 0 Å². The molecule has 0 heterocycles. The largest absolute Gasteiger partial charge is 0.382 e. The number of fused-ring (bicyclic) bond motifs is 1. The second-order valence-corrected chi connectivity index (χ2v) is 5.49. The summed E-state index contributed by atoms with van der Waals surface area (Å²) in [5.41, 5.74) is 1.27. The van der Waals surface area contributed by atoms with Crippen LogP contribution in [0.15, 0.2) is 42.5 Å². The lowest BCUT2D eigenvalue weighted by molar-refractivity contribution is 0.525. The zero-order chi connectivity index (χ0) is 12.4. The van der Waals surface area contributed by atoms with Gasteiger partial charge in [-0.3, -0.25) is 0 Å². The summed E-state index contributed by atoms with van der Waals surface area (Å²) in [5, 5.41) is 6.34. The number of benzene rings is 2. The van der Waals surface area contributed by atoms with E-state index < -0.39 is 0 Å². The molecule has 94 valence electrons. The molecule has 1 nitrogen and oxygen atoms in total. The van der Waals surface area contributed by atoms with Gasteiger partial charge in [-0.15, -0.1) is 0 Å². The second kappa shape index (κ2) is 5.01. The van der Waals surface area contributed by atoms with Crippen molar-refractivity contribution in [1.29, 1.82) is 0 Å². The van der Waals surface area contributed by atoms with E-state index in [1.165, 1.54) is 42.1 Å². The molecule has 0 saturated heterocycles. The summed E-state index contributed by atoms with van der Waals surface area (Å²) >= 11 is 0. The maximum atomic E-state index is 3.70. The second-order valence-electron chi connectivity index (χ2n) is 5.49. The maximum absolute atomic E-state index is 3.70. The summed E-state index contributed by atoms with van der Waals surface area (Å²) in [6, 6.07) is 15.9. The number of anilines is 1. The molecule has 2 aromatic carbocycles. The van der Waals surface area contributed by atoms with Crippen LogP contribution in [0.2, 0.25) is 0 Å². The van der Waals surface area contributed by atoms with Crippen LogP contribution in [-0.4, -0.2) is 6.04 Å². The van der Waals surface area contributed by atoms with E-state index in [0.717, 1.165) is 5.92 Å². The summed E-state index contributed by atoms with van der Waals surface area (Å²) in [6.45, 7) is 2.31. The predicted octanol–water partition coefficient (Wildman–Crippen LogP) is 4.83. The number of hydrogen-bond donors (Lipinski definition) is 1. The van der Waals surface area contributed by atoms with Crippen LogP contribution in [0.25, 0.3) is 10.8 Å². The molecule has 1 aliphatic carbocycles. The van der Waals surface area contributed by atoms with E-state index in [4.69, 9.17) is 0 Å². The standard InChI is InChI=1S/C17H21N/c1-2-13-7-9-16(11-13)18-17-10-8-14-5-3-4-6-15(14)12-17/h3-6,8,10,12-13,16,18H,2,7,9,11H2,1H3. The molecule has 18 heavy (non-hydrogen) atoms. The van der Waals surface area contributed by atoms with Gasteiger partial charge in [0.05, 0.1) is 0 Å². The van der Waals surface area contributed by atoms with E-state index in [1.54, 1.807) is 0 Å². The Labute approximate surface area is 109 Å². The first-order valence-electron chi connectivity index (χ1n) is 7.10. The Morgan fingerprint density at radius 1 is 1.06 bits per heavy atom. The van der Waals surface area contributed by atoms with E-state index >= 15 is 0 Å². The summed E-state index contributed by atoms with van der Waals surface area (Å²) in [5.74, 6) is 0.933. The van der Waals surface area contributed by atoms with Crippen molar-refractivity contribution in [3.8, 4) is 0 Å². The van der Waals surface area contributed by atoms with Crippen molar-refractivity contribution in [3.63, 3.8) is 0 Å². The van der Waals surface area contributed by atoms with Crippen LogP contribution in [0, 0.1) is 5.92 Å². The van der Waals surface area contributed by atoms with Crippen LogP contribution in [0.3, 0.4) is 0 Å². The maximum Gasteiger partial charge on any atom is 0.0348 e. The third kappa shape index (κ3) is 2.35. The third-order valence-corrected chi connectivity index (χ3v) is 4.24. The van der Waals surface area contributed by atoms with E-state index in [2.05, 4.69) is 54.7 Å². The zero-order valence-electron chi connectivity index (χ0n) is 11.0. The van der Waals surface area contributed by atoms with Crippen LogP contribution in [-0.2, 0) is 0 Å². The molecule has 1 heteroatoms. The fourth-order valence-corrected chi connectivity index (χ4v) is 3.09. The highest BCUT2D eigenvalue weighted by Crippen LogP contribution is 2.30. The molecule has 1 N–H and O–H groups in total. The molecule has 0 aliphatic heterocycles. The van der Waals surface area contributed by atoms with Crippen molar-refractivity contribution >= 4 is 16.5 Å². The number of hydrogen-bond acceptors (Lipinski definition) is 1. The van der Waals surface area contributed by atoms with Gasteiger partial charge in [0.25, 0.3) is 0 Å². The molecule has 0 spiro atoms. The third-order valence-electron chi connectivity index (χ3n) is 4.24. The first-order chi connectivity index (χ1) is 8.85. The van der Waals surface area contributed by atoms with Crippen LogP contribution in [0.1, 0.15) is 32.6 Å².